The van der Waals surface area contributed by atoms with E-state index in [1.165, 1.54) is 0 Å². The van der Waals surface area contributed by atoms with Crippen LogP contribution in [-0.4, -0.2) is 24.9 Å². The van der Waals surface area contributed by atoms with Crippen LogP contribution in [0.5, 0.6) is 0 Å². The fraction of sp³-hybridized carbons (Fsp3) is 0.188. The first-order valence-electron chi connectivity index (χ1n) is 12.8. The molecular formula is C32H32N2O2S2. The number of unbranched alkanes of at least 4 members (excludes halogenated alkanes) is 1. The number of hydrogen-bond donors (Lipinski definition) is 2. The average molecular weight is 541 g/mol. The molecule has 2 atom stereocenters. The maximum absolute atomic E-state index is 13.1. The van der Waals surface area contributed by atoms with Crippen LogP contribution >= 0.6 is 23.5 Å². The second-order valence-corrected chi connectivity index (χ2v) is 11.1. The summed E-state index contributed by atoms with van der Waals surface area (Å²) in [5.41, 5.74) is 1.96. The van der Waals surface area contributed by atoms with Gasteiger partial charge in [-0.3, -0.25) is 9.59 Å². The summed E-state index contributed by atoms with van der Waals surface area (Å²) in [7, 11) is 0. The molecule has 0 radical (unpaired) electrons. The Morgan fingerprint density at radius 3 is 1.16 bits per heavy atom. The Balaban J connectivity index is 1.25. The monoisotopic (exact) mass is 540 g/mol. The van der Waals surface area contributed by atoms with E-state index in [1.54, 1.807) is 23.5 Å². The third-order valence-corrected chi connectivity index (χ3v) is 8.41. The van der Waals surface area contributed by atoms with Crippen LogP contribution < -0.4 is 10.6 Å². The van der Waals surface area contributed by atoms with Gasteiger partial charge in [-0.05, 0) is 48.2 Å². The first-order chi connectivity index (χ1) is 18.7. The van der Waals surface area contributed by atoms with Gasteiger partial charge in [0, 0.05) is 22.9 Å². The highest BCUT2D eigenvalue weighted by Crippen LogP contribution is 2.36. The van der Waals surface area contributed by atoms with Gasteiger partial charge >= 0.3 is 0 Å². The van der Waals surface area contributed by atoms with Crippen LogP contribution in [0.25, 0.3) is 0 Å². The average Bonchev–Trinajstić information content (AvgIpc) is 2.98. The fourth-order valence-corrected chi connectivity index (χ4v) is 6.07. The Bertz CT molecular complexity index is 1150. The van der Waals surface area contributed by atoms with Gasteiger partial charge in [0.15, 0.2) is 0 Å². The normalized spacial score (nSPS) is 12.3. The summed E-state index contributed by atoms with van der Waals surface area (Å²) in [5, 5.41) is 5.55. The van der Waals surface area contributed by atoms with Crippen molar-refractivity contribution in [2.24, 2.45) is 0 Å². The van der Waals surface area contributed by atoms with Crippen molar-refractivity contribution in [3.8, 4) is 0 Å². The highest BCUT2D eigenvalue weighted by molar-refractivity contribution is 8.00. The molecule has 0 bridgehead atoms. The highest BCUT2D eigenvalue weighted by atomic mass is 32.2. The van der Waals surface area contributed by atoms with Gasteiger partial charge in [-0.1, -0.05) is 97.1 Å². The van der Waals surface area contributed by atoms with Gasteiger partial charge in [0.05, 0.1) is 0 Å². The summed E-state index contributed by atoms with van der Waals surface area (Å²) >= 11 is 3.10. The van der Waals surface area contributed by atoms with Crippen molar-refractivity contribution in [3.63, 3.8) is 0 Å². The molecule has 38 heavy (non-hydrogen) atoms. The van der Waals surface area contributed by atoms with E-state index in [-0.39, 0.29) is 22.3 Å². The lowest BCUT2D eigenvalue weighted by atomic mass is 10.1. The summed E-state index contributed by atoms with van der Waals surface area (Å²) in [6.07, 6.45) is 1.57. The third kappa shape index (κ3) is 8.54. The van der Waals surface area contributed by atoms with Crippen LogP contribution in [0, 0.1) is 0 Å². The van der Waals surface area contributed by atoms with Crippen molar-refractivity contribution in [3.05, 3.63) is 132 Å². The van der Waals surface area contributed by atoms with Crippen molar-refractivity contribution < 1.29 is 9.59 Å². The molecule has 4 aromatic carbocycles. The maximum Gasteiger partial charge on any atom is 0.237 e. The van der Waals surface area contributed by atoms with Crippen molar-refractivity contribution in [2.45, 2.75) is 33.1 Å². The molecule has 0 aliphatic carbocycles. The molecule has 194 valence electrons. The summed E-state index contributed by atoms with van der Waals surface area (Å²) < 4.78 is 0. The molecule has 2 N–H and O–H groups in total. The van der Waals surface area contributed by atoms with Crippen LogP contribution in [0.4, 0.5) is 0 Å². The van der Waals surface area contributed by atoms with Gasteiger partial charge in [0.1, 0.15) is 10.5 Å². The second kappa shape index (κ2) is 15.1. The lowest BCUT2D eigenvalue weighted by Gasteiger charge is -2.18. The first-order valence-corrected chi connectivity index (χ1v) is 14.6. The fourth-order valence-electron chi connectivity index (χ4n) is 3.93. The van der Waals surface area contributed by atoms with Gasteiger partial charge < -0.3 is 10.6 Å². The predicted molar refractivity (Wildman–Crippen MR) is 158 cm³/mol. The molecule has 0 spiro atoms. The molecule has 0 saturated heterocycles. The van der Waals surface area contributed by atoms with Gasteiger partial charge in [-0.15, -0.1) is 23.5 Å². The number of carbonyl (C=O) groups is 2. The summed E-state index contributed by atoms with van der Waals surface area (Å²) in [6.45, 7) is 1.13. The van der Waals surface area contributed by atoms with E-state index >= 15 is 0 Å². The van der Waals surface area contributed by atoms with Crippen LogP contribution in [0.1, 0.15) is 34.5 Å². The number of carbonyl (C=O) groups excluding carboxylic acids is 2. The Morgan fingerprint density at radius 1 is 0.500 bits per heavy atom. The minimum absolute atomic E-state index is 0.00232. The molecule has 0 aliphatic rings. The smallest absolute Gasteiger partial charge is 0.237 e. The molecule has 0 fully saturated rings. The van der Waals surface area contributed by atoms with Crippen molar-refractivity contribution in [1.82, 2.24) is 10.6 Å². The quantitative estimate of drug-likeness (QED) is 0.141. The molecule has 4 nitrogen and oxygen atoms in total. The zero-order valence-electron chi connectivity index (χ0n) is 21.2. The van der Waals surface area contributed by atoms with Crippen LogP contribution in [0.15, 0.2) is 131 Å². The number of benzene rings is 4. The van der Waals surface area contributed by atoms with Crippen molar-refractivity contribution in [2.75, 3.05) is 13.1 Å². The molecule has 2 amide bonds. The molecule has 4 rings (SSSR count). The molecular weight excluding hydrogens is 508 g/mol. The number of rotatable bonds is 13. The number of hydrogen-bond acceptors (Lipinski definition) is 4. The van der Waals surface area contributed by atoms with Gasteiger partial charge in [0.25, 0.3) is 0 Å². The van der Waals surface area contributed by atoms with Crippen molar-refractivity contribution >= 4 is 35.3 Å². The predicted octanol–water partition coefficient (Wildman–Crippen LogP) is 7.07. The molecule has 4 aromatic rings. The van der Waals surface area contributed by atoms with E-state index in [2.05, 4.69) is 10.6 Å². The first kappa shape index (κ1) is 27.6. The van der Waals surface area contributed by atoms with Crippen LogP contribution in [-0.2, 0) is 9.59 Å². The summed E-state index contributed by atoms with van der Waals surface area (Å²) in [5.74, 6) is -0.00465. The molecule has 0 heterocycles. The largest absolute Gasteiger partial charge is 0.355 e. The Morgan fingerprint density at radius 2 is 0.816 bits per heavy atom. The van der Waals surface area contributed by atoms with Gasteiger partial charge in [0.2, 0.25) is 11.8 Å². The minimum atomic E-state index is -0.319. The lowest BCUT2D eigenvalue weighted by molar-refractivity contribution is -0.121. The van der Waals surface area contributed by atoms with Gasteiger partial charge in [-0.25, -0.2) is 0 Å². The van der Waals surface area contributed by atoms with E-state index in [0.29, 0.717) is 13.1 Å². The standard InChI is InChI=1S/C32H32N2O2S2/c35-31(29(25-15-5-1-6-16-25)37-27-19-9-3-10-20-27)33-23-13-14-24-34-32(36)30(26-17-7-2-8-18-26)38-28-21-11-4-12-22-28/h1-12,15-22,29-30H,13-14,23-24H2,(H,33,35)(H,34,36). The maximum atomic E-state index is 13.1. The zero-order chi connectivity index (χ0) is 26.4. The zero-order valence-corrected chi connectivity index (χ0v) is 22.8. The third-order valence-electron chi connectivity index (χ3n) is 5.88. The molecule has 6 heteroatoms. The number of amides is 2. The van der Waals surface area contributed by atoms with Gasteiger partial charge in [-0.2, -0.15) is 0 Å². The van der Waals surface area contributed by atoms with Crippen molar-refractivity contribution in [1.29, 1.82) is 0 Å². The second-order valence-electron chi connectivity index (χ2n) is 8.73. The SMILES string of the molecule is O=C(NCCCCNC(=O)C(Sc1ccccc1)c1ccccc1)C(Sc1ccccc1)c1ccccc1. The highest BCUT2D eigenvalue weighted by Gasteiger charge is 2.23. The number of thioether (sulfide) groups is 2. The molecule has 0 aromatic heterocycles. The number of nitrogens with one attached hydrogen (secondary N) is 2. The van der Waals surface area contributed by atoms with E-state index in [1.807, 2.05) is 121 Å². The summed E-state index contributed by atoms with van der Waals surface area (Å²) in [4.78, 5) is 28.3. The Kier molecular flexibility index (Phi) is 10.9. The Labute approximate surface area is 233 Å². The Hall–Kier alpha value is -3.48. The van der Waals surface area contributed by atoms with E-state index in [4.69, 9.17) is 0 Å². The topological polar surface area (TPSA) is 58.2 Å². The molecule has 0 aliphatic heterocycles. The van der Waals surface area contributed by atoms with Crippen LogP contribution in [0.2, 0.25) is 0 Å². The molecule has 0 saturated carbocycles. The van der Waals surface area contributed by atoms with Crippen LogP contribution in [0.3, 0.4) is 0 Å². The summed E-state index contributed by atoms with van der Waals surface area (Å²) in [6, 6.07) is 39.7. The lowest BCUT2D eigenvalue weighted by Crippen LogP contribution is -2.31. The van der Waals surface area contributed by atoms with E-state index < -0.39 is 0 Å². The van der Waals surface area contributed by atoms with E-state index in [9.17, 15) is 9.59 Å². The molecule has 2 unspecified atom stereocenters. The van der Waals surface area contributed by atoms with E-state index in [0.717, 1.165) is 33.8 Å². The minimum Gasteiger partial charge on any atom is -0.355 e.